The van der Waals surface area contributed by atoms with E-state index in [1.165, 1.54) is 12.8 Å². The van der Waals surface area contributed by atoms with Crippen molar-refractivity contribution in [2.45, 2.75) is 32.7 Å². The van der Waals surface area contributed by atoms with Crippen LogP contribution in [0.5, 0.6) is 0 Å². The van der Waals surface area contributed by atoms with E-state index in [2.05, 4.69) is 10.2 Å². The molecular weight excluding hydrogens is 192 g/mol. The van der Waals surface area contributed by atoms with Crippen LogP contribution in [0.25, 0.3) is 0 Å². The first kappa shape index (κ1) is 12.5. The molecule has 1 unspecified atom stereocenters. The third-order valence-electron chi connectivity index (χ3n) is 3.26. The number of nitrogens with one attached hydrogen (secondary N) is 1. The first-order valence-electron chi connectivity index (χ1n) is 5.82. The largest absolute Gasteiger partial charge is 0.480 e. The Kier molecular flexibility index (Phi) is 5.05. The van der Waals surface area contributed by atoms with Gasteiger partial charge >= 0.3 is 5.97 Å². The van der Waals surface area contributed by atoms with Gasteiger partial charge in [0, 0.05) is 6.54 Å². The zero-order valence-corrected chi connectivity index (χ0v) is 9.70. The molecule has 0 aromatic carbocycles. The lowest BCUT2D eigenvalue weighted by molar-refractivity contribution is -0.142. The molecule has 0 aromatic heterocycles. The smallest absolute Gasteiger partial charge is 0.320 e. The van der Waals surface area contributed by atoms with Crippen molar-refractivity contribution < 1.29 is 9.90 Å². The number of hydrogen-bond donors (Lipinski definition) is 2. The number of piperidine rings is 1. The zero-order valence-electron chi connectivity index (χ0n) is 9.70. The van der Waals surface area contributed by atoms with E-state index in [4.69, 9.17) is 5.11 Å². The topological polar surface area (TPSA) is 52.6 Å². The number of carbonyl (C=O) groups is 1. The number of rotatable bonds is 5. The molecule has 0 amide bonds. The molecule has 0 aromatic rings. The maximum atomic E-state index is 10.9. The standard InChI is InChI=1S/C11H22N2O2/c1-3-13(9(2)11(14)15)8-10-4-6-12-7-5-10/h9-10,12H,3-8H2,1-2H3,(H,14,15). The van der Waals surface area contributed by atoms with Gasteiger partial charge in [0.15, 0.2) is 0 Å². The van der Waals surface area contributed by atoms with E-state index >= 15 is 0 Å². The van der Waals surface area contributed by atoms with Crippen LogP contribution in [0.4, 0.5) is 0 Å². The molecule has 88 valence electrons. The quantitative estimate of drug-likeness (QED) is 0.710. The third kappa shape index (κ3) is 3.80. The maximum absolute atomic E-state index is 10.9. The van der Waals surface area contributed by atoms with E-state index in [0.29, 0.717) is 5.92 Å². The first-order chi connectivity index (χ1) is 7.15. The van der Waals surface area contributed by atoms with Crippen LogP contribution in [0, 0.1) is 5.92 Å². The second-order valence-corrected chi connectivity index (χ2v) is 4.30. The molecule has 1 aliphatic rings. The molecule has 2 N–H and O–H groups in total. The molecule has 4 nitrogen and oxygen atoms in total. The van der Waals surface area contributed by atoms with E-state index in [1.54, 1.807) is 6.92 Å². The van der Waals surface area contributed by atoms with Crippen molar-refractivity contribution in [1.82, 2.24) is 10.2 Å². The molecule has 4 heteroatoms. The van der Waals surface area contributed by atoms with Crippen LogP contribution in [-0.2, 0) is 4.79 Å². The average Bonchev–Trinajstić information content (AvgIpc) is 2.26. The minimum absolute atomic E-state index is 0.357. The van der Waals surface area contributed by atoms with Gasteiger partial charge in [-0.15, -0.1) is 0 Å². The van der Waals surface area contributed by atoms with Gasteiger partial charge in [-0.2, -0.15) is 0 Å². The Morgan fingerprint density at radius 1 is 1.53 bits per heavy atom. The minimum atomic E-state index is -0.717. The molecule has 1 rings (SSSR count). The van der Waals surface area contributed by atoms with Crippen LogP contribution >= 0.6 is 0 Å². The first-order valence-corrected chi connectivity index (χ1v) is 5.82. The van der Waals surface area contributed by atoms with Gasteiger partial charge in [-0.1, -0.05) is 6.92 Å². The van der Waals surface area contributed by atoms with Crippen molar-refractivity contribution in [1.29, 1.82) is 0 Å². The van der Waals surface area contributed by atoms with Gasteiger partial charge in [-0.05, 0) is 45.3 Å². The summed E-state index contributed by atoms with van der Waals surface area (Å²) < 4.78 is 0. The number of likely N-dealkylation sites (N-methyl/N-ethyl adjacent to an activating group) is 1. The number of nitrogens with zero attached hydrogens (tertiary/aromatic N) is 1. The molecule has 1 saturated heterocycles. The Labute approximate surface area is 91.6 Å². The second-order valence-electron chi connectivity index (χ2n) is 4.30. The Morgan fingerprint density at radius 2 is 2.13 bits per heavy atom. The van der Waals surface area contributed by atoms with Gasteiger partial charge in [0.25, 0.3) is 0 Å². The molecule has 1 heterocycles. The van der Waals surface area contributed by atoms with Crippen molar-refractivity contribution in [3.8, 4) is 0 Å². The van der Waals surface area contributed by atoms with Crippen LogP contribution in [0.15, 0.2) is 0 Å². The fourth-order valence-corrected chi connectivity index (χ4v) is 2.11. The highest BCUT2D eigenvalue weighted by Gasteiger charge is 2.23. The molecule has 15 heavy (non-hydrogen) atoms. The summed E-state index contributed by atoms with van der Waals surface area (Å²) >= 11 is 0. The number of carboxylic acids is 1. The molecular formula is C11H22N2O2. The predicted octanol–water partition coefficient (Wildman–Crippen LogP) is 0.781. The summed E-state index contributed by atoms with van der Waals surface area (Å²) in [6.07, 6.45) is 2.34. The predicted molar refractivity (Wildman–Crippen MR) is 59.9 cm³/mol. The zero-order chi connectivity index (χ0) is 11.3. The van der Waals surface area contributed by atoms with E-state index in [9.17, 15) is 4.79 Å². The molecule has 0 saturated carbocycles. The van der Waals surface area contributed by atoms with Gasteiger partial charge in [0.2, 0.25) is 0 Å². The Balaban J connectivity index is 2.41. The lowest BCUT2D eigenvalue weighted by Crippen LogP contribution is -2.43. The van der Waals surface area contributed by atoms with E-state index in [-0.39, 0.29) is 6.04 Å². The Hall–Kier alpha value is -0.610. The van der Waals surface area contributed by atoms with Crippen molar-refractivity contribution in [3.63, 3.8) is 0 Å². The molecule has 0 radical (unpaired) electrons. The summed E-state index contributed by atoms with van der Waals surface area (Å²) in [5.41, 5.74) is 0. The van der Waals surface area contributed by atoms with E-state index in [1.807, 2.05) is 6.92 Å². The van der Waals surface area contributed by atoms with Crippen LogP contribution in [0.2, 0.25) is 0 Å². The van der Waals surface area contributed by atoms with Gasteiger partial charge < -0.3 is 10.4 Å². The molecule has 0 spiro atoms. The number of hydrogen-bond acceptors (Lipinski definition) is 3. The molecule has 1 atom stereocenters. The van der Waals surface area contributed by atoms with Gasteiger partial charge in [-0.3, -0.25) is 9.69 Å². The number of carboxylic acid groups (broad SMARTS) is 1. The average molecular weight is 214 g/mol. The second kappa shape index (κ2) is 6.08. The summed E-state index contributed by atoms with van der Waals surface area (Å²) in [7, 11) is 0. The lowest BCUT2D eigenvalue weighted by atomic mass is 9.97. The lowest BCUT2D eigenvalue weighted by Gasteiger charge is -2.31. The van der Waals surface area contributed by atoms with Gasteiger partial charge in [-0.25, -0.2) is 0 Å². The highest BCUT2D eigenvalue weighted by molar-refractivity contribution is 5.72. The molecule has 0 aliphatic carbocycles. The number of aliphatic carboxylic acids is 1. The van der Waals surface area contributed by atoms with E-state index < -0.39 is 5.97 Å². The van der Waals surface area contributed by atoms with Crippen molar-refractivity contribution in [3.05, 3.63) is 0 Å². The highest BCUT2D eigenvalue weighted by Crippen LogP contribution is 2.14. The summed E-state index contributed by atoms with van der Waals surface area (Å²) in [6.45, 7) is 7.68. The maximum Gasteiger partial charge on any atom is 0.320 e. The highest BCUT2D eigenvalue weighted by atomic mass is 16.4. The van der Waals surface area contributed by atoms with Crippen molar-refractivity contribution in [2.24, 2.45) is 5.92 Å². The fourth-order valence-electron chi connectivity index (χ4n) is 2.11. The van der Waals surface area contributed by atoms with Gasteiger partial charge in [0.05, 0.1) is 0 Å². The Bertz CT molecular complexity index is 203. The normalized spacial score (nSPS) is 20.5. The minimum Gasteiger partial charge on any atom is -0.480 e. The summed E-state index contributed by atoms with van der Waals surface area (Å²) in [4.78, 5) is 12.9. The third-order valence-corrected chi connectivity index (χ3v) is 3.26. The molecule has 1 fully saturated rings. The fraction of sp³-hybridized carbons (Fsp3) is 0.909. The summed E-state index contributed by atoms with van der Waals surface area (Å²) in [6, 6.07) is -0.357. The molecule has 1 aliphatic heterocycles. The SMILES string of the molecule is CCN(CC1CCNCC1)C(C)C(=O)O. The van der Waals surface area contributed by atoms with Crippen LogP contribution in [0.3, 0.4) is 0 Å². The summed E-state index contributed by atoms with van der Waals surface area (Å²) in [5, 5.41) is 12.3. The monoisotopic (exact) mass is 214 g/mol. The van der Waals surface area contributed by atoms with Crippen LogP contribution < -0.4 is 5.32 Å². The van der Waals surface area contributed by atoms with Crippen LogP contribution in [0.1, 0.15) is 26.7 Å². The van der Waals surface area contributed by atoms with Crippen LogP contribution in [-0.4, -0.2) is 48.2 Å². The summed E-state index contributed by atoms with van der Waals surface area (Å²) in [5.74, 6) is -0.0567. The van der Waals surface area contributed by atoms with Crippen molar-refractivity contribution >= 4 is 5.97 Å². The van der Waals surface area contributed by atoms with Gasteiger partial charge in [0.1, 0.15) is 6.04 Å². The Morgan fingerprint density at radius 3 is 2.60 bits per heavy atom. The molecule has 0 bridgehead atoms. The van der Waals surface area contributed by atoms with Crippen molar-refractivity contribution in [2.75, 3.05) is 26.2 Å². The van der Waals surface area contributed by atoms with E-state index in [0.717, 1.165) is 26.2 Å².